The lowest BCUT2D eigenvalue weighted by atomic mass is 9.80. The molecule has 5 rings (SSSR count). The molecule has 1 atom stereocenters. The Kier molecular flexibility index (Phi) is 6.09. The number of Topliss-reactive ketones (excluding diaryl/α,β-unsaturated/α-hetero) is 1. The number of fused-ring (bicyclic) bond motifs is 1. The molecular formula is C31H27NO2. The van der Waals surface area contributed by atoms with Crippen LogP contribution in [0.5, 0.6) is 0 Å². The second-order valence-corrected chi connectivity index (χ2v) is 8.97. The maximum Gasteiger partial charge on any atom is 0.168 e. The summed E-state index contributed by atoms with van der Waals surface area (Å²) in [6.07, 6.45) is 1.27. The van der Waals surface area contributed by atoms with Crippen molar-refractivity contribution in [3.63, 3.8) is 0 Å². The number of ketones is 1. The molecule has 1 aliphatic carbocycles. The molecule has 3 nitrogen and oxygen atoms in total. The van der Waals surface area contributed by atoms with Gasteiger partial charge in [-0.3, -0.25) is 9.79 Å². The minimum absolute atomic E-state index is 0.0179. The maximum absolute atomic E-state index is 13.4. The number of aryl methyl sites for hydroxylation is 1. The van der Waals surface area contributed by atoms with E-state index in [4.69, 9.17) is 4.99 Å². The molecule has 3 heteroatoms. The summed E-state index contributed by atoms with van der Waals surface area (Å²) in [4.78, 5) is 18.3. The Hall–Kier alpha value is -3.98. The van der Waals surface area contributed by atoms with Gasteiger partial charge in [-0.05, 0) is 46.9 Å². The third kappa shape index (κ3) is 4.55. The van der Waals surface area contributed by atoms with Gasteiger partial charge in [0, 0.05) is 19.3 Å². The van der Waals surface area contributed by atoms with Crippen LogP contribution >= 0.6 is 0 Å². The maximum atomic E-state index is 13.4. The standard InChI is InChI=1S/C31H27NO2/c1-21-14-16-26(17-15-21)32-28(18-24-12-7-11-23-10-5-6-13-27(23)24)31-29(33)19-25(20-30(31)34)22-8-3-2-4-9-22/h2-17,25,33H,18-20H2,1H3. The molecular weight excluding hydrogens is 418 g/mol. The molecule has 0 spiro atoms. The van der Waals surface area contributed by atoms with Gasteiger partial charge in [0.25, 0.3) is 0 Å². The van der Waals surface area contributed by atoms with Crippen molar-refractivity contribution in [3.05, 3.63) is 125 Å². The minimum atomic E-state index is -0.0521. The van der Waals surface area contributed by atoms with E-state index in [0.29, 0.717) is 30.5 Å². The molecule has 0 aromatic heterocycles. The fraction of sp³-hybridized carbons (Fsp3) is 0.161. The number of aliphatic imine (C=N–C) groups is 1. The highest BCUT2D eigenvalue weighted by molar-refractivity contribution is 6.24. The Labute approximate surface area is 200 Å². The van der Waals surface area contributed by atoms with Crippen LogP contribution in [0.25, 0.3) is 10.8 Å². The Morgan fingerprint density at radius 2 is 1.56 bits per heavy atom. The van der Waals surface area contributed by atoms with Gasteiger partial charge in [0.05, 0.1) is 17.0 Å². The highest BCUT2D eigenvalue weighted by atomic mass is 16.3. The molecule has 0 aliphatic heterocycles. The number of aliphatic hydroxyl groups excluding tert-OH is 1. The molecule has 0 saturated carbocycles. The quantitative estimate of drug-likeness (QED) is 0.325. The molecule has 0 heterocycles. The van der Waals surface area contributed by atoms with Crippen LogP contribution < -0.4 is 0 Å². The Morgan fingerprint density at radius 3 is 2.32 bits per heavy atom. The molecule has 34 heavy (non-hydrogen) atoms. The van der Waals surface area contributed by atoms with Crippen LogP contribution in [-0.2, 0) is 11.2 Å². The van der Waals surface area contributed by atoms with Crippen molar-refractivity contribution in [1.29, 1.82) is 0 Å². The van der Waals surface area contributed by atoms with E-state index in [9.17, 15) is 9.90 Å². The molecule has 1 unspecified atom stereocenters. The predicted molar refractivity (Wildman–Crippen MR) is 139 cm³/mol. The second-order valence-electron chi connectivity index (χ2n) is 8.97. The molecule has 4 aromatic rings. The van der Waals surface area contributed by atoms with Crippen molar-refractivity contribution in [1.82, 2.24) is 0 Å². The van der Waals surface area contributed by atoms with Gasteiger partial charge in [0.1, 0.15) is 5.76 Å². The molecule has 0 saturated heterocycles. The van der Waals surface area contributed by atoms with E-state index in [0.717, 1.165) is 33.2 Å². The molecule has 0 fully saturated rings. The zero-order chi connectivity index (χ0) is 23.5. The molecule has 0 bridgehead atoms. The van der Waals surface area contributed by atoms with E-state index in [1.54, 1.807) is 0 Å². The Morgan fingerprint density at radius 1 is 0.853 bits per heavy atom. The molecule has 0 radical (unpaired) electrons. The summed E-state index contributed by atoms with van der Waals surface area (Å²) in [7, 11) is 0. The average molecular weight is 446 g/mol. The largest absolute Gasteiger partial charge is 0.511 e. The van der Waals surface area contributed by atoms with Crippen LogP contribution in [0.4, 0.5) is 5.69 Å². The zero-order valence-electron chi connectivity index (χ0n) is 19.2. The van der Waals surface area contributed by atoms with E-state index < -0.39 is 0 Å². The van der Waals surface area contributed by atoms with Crippen LogP contribution in [0.15, 0.2) is 113 Å². The number of carbonyl (C=O) groups is 1. The van der Waals surface area contributed by atoms with Crippen LogP contribution in [-0.4, -0.2) is 16.6 Å². The van der Waals surface area contributed by atoms with Crippen LogP contribution in [0.2, 0.25) is 0 Å². The first kappa shape index (κ1) is 21.8. The number of hydrogen-bond acceptors (Lipinski definition) is 3. The highest BCUT2D eigenvalue weighted by Gasteiger charge is 2.31. The van der Waals surface area contributed by atoms with Gasteiger partial charge in [-0.1, -0.05) is 90.5 Å². The lowest BCUT2D eigenvalue weighted by Gasteiger charge is -2.25. The summed E-state index contributed by atoms with van der Waals surface area (Å²) in [5, 5.41) is 13.4. The van der Waals surface area contributed by atoms with Gasteiger partial charge < -0.3 is 5.11 Å². The number of rotatable bonds is 5. The number of aliphatic hydroxyl groups is 1. The smallest absolute Gasteiger partial charge is 0.168 e. The summed E-state index contributed by atoms with van der Waals surface area (Å²) in [5.41, 5.74) is 5.08. The molecule has 1 N–H and O–H groups in total. The SMILES string of the molecule is Cc1ccc(N=C(Cc2cccc3ccccc23)C2=C(O)CC(c3ccccc3)CC2=O)cc1. The van der Waals surface area contributed by atoms with Crippen LogP contribution in [0, 0.1) is 6.92 Å². The molecule has 0 amide bonds. The van der Waals surface area contributed by atoms with Gasteiger partial charge in [-0.15, -0.1) is 0 Å². The lowest BCUT2D eigenvalue weighted by Crippen LogP contribution is -2.25. The van der Waals surface area contributed by atoms with Crippen molar-refractivity contribution in [2.75, 3.05) is 0 Å². The van der Waals surface area contributed by atoms with Crippen LogP contribution in [0.1, 0.15) is 35.4 Å². The van der Waals surface area contributed by atoms with Gasteiger partial charge in [0.15, 0.2) is 5.78 Å². The van der Waals surface area contributed by atoms with Gasteiger partial charge >= 0.3 is 0 Å². The van der Waals surface area contributed by atoms with E-state index in [-0.39, 0.29) is 17.5 Å². The van der Waals surface area contributed by atoms with Crippen molar-refractivity contribution >= 4 is 28.0 Å². The van der Waals surface area contributed by atoms with Gasteiger partial charge in [-0.25, -0.2) is 0 Å². The first-order valence-corrected chi connectivity index (χ1v) is 11.7. The topological polar surface area (TPSA) is 49.7 Å². The third-order valence-electron chi connectivity index (χ3n) is 6.53. The van der Waals surface area contributed by atoms with Gasteiger partial charge in [0.2, 0.25) is 0 Å². The van der Waals surface area contributed by atoms with E-state index in [1.807, 2.05) is 79.7 Å². The first-order chi connectivity index (χ1) is 16.6. The van der Waals surface area contributed by atoms with E-state index in [2.05, 4.69) is 24.3 Å². The summed E-state index contributed by atoms with van der Waals surface area (Å²) >= 11 is 0. The van der Waals surface area contributed by atoms with Crippen molar-refractivity contribution in [3.8, 4) is 0 Å². The highest BCUT2D eigenvalue weighted by Crippen LogP contribution is 2.35. The van der Waals surface area contributed by atoms with Crippen molar-refractivity contribution < 1.29 is 9.90 Å². The third-order valence-corrected chi connectivity index (χ3v) is 6.53. The number of allylic oxidation sites excluding steroid dienone is 2. The van der Waals surface area contributed by atoms with Crippen LogP contribution in [0.3, 0.4) is 0 Å². The number of carbonyl (C=O) groups excluding carboxylic acids is 1. The van der Waals surface area contributed by atoms with E-state index in [1.165, 1.54) is 0 Å². The predicted octanol–water partition coefficient (Wildman–Crippen LogP) is 7.42. The fourth-order valence-electron chi connectivity index (χ4n) is 4.77. The molecule has 4 aromatic carbocycles. The van der Waals surface area contributed by atoms with E-state index >= 15 is 0 Å². The fourth-order valence-corrected chi connectivity index (χ4v) is 4.77. The van der Waals surface area contributed by atoms with Gasteiger partial charge in [-0.2, -0.15) is 0 Å². The van der Waals surface area contributed by atoms with Crippen molar-refractivity contribution in [2.45, 2.75) is 32.1 Å². The number of benzene rings is 4. The summed E-state index contributed by atoms with van der Waals surface area (Å²) < 4.78 is 0. The second kappa shape index (κ2) is 9.48. The summed E-state index contributed by atoms with van der Waals surface area (Å²) in [6, 6.07) is 32.3. The lowest BCUT2D eigenvalue weighted by molar-refractivity contribution is -0.116. The Balaban J connectivity index is 1.58. The minimum Gasteiger partial charge on any atom is -0.511 e. The average Bonchev–Trinajstić information content (AvgIpc) is 2.85. The van der Waals surface area contributed by atoms with Crippen molar-refractivity contribution in [2.24, 2.45) is 4.99 Å². The number of nitrogens with zero attached hydrogens (tertiary/aromatic N) is 1. The zero-order valence-corrected chi connectivity index (χ0v) is 19.2. The summed E-state index contributed by atoms with van der Waals surface area (Å²) in [5.74, 6) is 0.0653. The first-order valence-electron chi connectivity index (χ1n) is 11.7. The normalized spacial score (nSPS) is 16.8. The molecule has 1 aliphatic rings. The summed E-state index contributed by atoms with van der Waals surface area (Å²) in [6.45, 7) is 2.03. The molecule has 168 valence electrons. The number of hydrogen-bond donors (Lipinski definition) is 1. The Bertz CT molecular complexity index is 1390. The monoisotopic (exact) mass is 445 g/mol.